The Balaban J connectivity index is 2.41. The zero-order valence-corrected chi connectivity index (χ0v) is 9.71. The van der Waals surface area contributed by atoms with Gasteiger partial charge in [0.1, 0.15) is 0 Å². The summed E-state index contributed by atoms with van der Waals surface area (Å²) in [5, 5.41) is -0.154. The Morgan fingerprint density at radius 1 is 1.47 bits per heavy atom. The number of hydrogen-bond acceptors (Lipinski definition) is 3. The summed E-state index contributed by atoms with van der Waals surface area (Å²) in [6.07, 6.45) is 0. The highest BCUT2D eigenvalue weighted by Gasteiger charge is 2.13. The van der Waals surface area contributed by atoms with E-state index < -0.39 is 0 Å². The van der Waals surface area contributed by atoms with E-state index in [9.17, 15) is 4.79 Å². The molecule has 3 nitrogen and oxygen atoms in total. The van der Waals surface area contributed by atoms with Crippen LogP contribution in [0.2, 0.25) is 0 Å². The van der Waals surface area contributed by atoms with Crippen LogP contribution in [0.4, 0.5) is 0 Å². The number of rotatable bonds is 5. The standard InChI is InChI=1S/C11H15NO2S/c1-3-14-12-11(13)9(2)15-10-7-5-4-6-8-10/h4-9H,3H2,1-2H3,(H,12,13). The van der Waals surface area contributed by atoms with Gasteiger partial charge in [-0.15, -0.1) is 11.8 Å². The number of hydrogen-bond donors (Lipinski definition) is 1. The molecule has 0 fully saturated rings. The van der Waals surface area contributed by atoms with Crippen molar-refractivity contribution in [2.45, 2.75) is 24.0 Å². The molecule has 1 unspecified atom stereocenters. The lowest BCUT2D eigenvalue weighted by atomic mass is 10.4. The van der Waals surface area contributed by atoms with E-state index >= 15 is 0 Å². The molecule has 0 heterocycles. The van der Waals surface area contributed by atoms with Gasteiger partial charge in [0.2, 0.25) is 0 Å². The van der Waals surface area contributed by atoms with Crippen molar-refractivity contribution in [2.75, 3.05) is 6.61 Å². The first-order chi connectivity index (χ1) is 7.24. The highest BCUT2D eigenvalue weighted by atomic mass is 32.2. The fourth-order valence-corrected chi connectivity index (χ4v) is 1.86. The number of hydroxylamine groups is 1. The molecule has 4 heteroatoms. The predicted molar refractivity (Wildman–Crippen MR) is 61.5 cm³/mol. The summed E-state index contributed by atoms with van der Waals surface area (Å²) in [6.45, 7) is 4.16. The van der Waals surface area contributed by atoms with Crippen LogP contribution in [0, 0.1) is 0 Å². The second-order valence-electron chi connectivity index (χ2n) is 2.97. The number of benzene rings is 1. The zero-order valence-electron chi connectivity index (χ0n) is 8.90. The fraction of sp³-hybridized carbons (Fsp3) is 0.364. The topological polar surface area (TPSA) is 38.3 Å². The Labute approximate surface area is 94.2 Å². The largest absolute Gasteiger partial charge is 0.274 e. The van der Waals surface area contributed by atoms with E-state index in [0.29, 0.717) is 6.61 Å². The Morgan fingerprint density at radius 3 is 2.73 bits per heavy atom. The van der Waals surface area contributed by atoms with Gasteiger partial charge in [0.25, 0.3) is 5.91 Å². The van der Waals surface area contributed by atoms with Crippen LogP contribution in [0.15, 0.2) is 35.2 Å². The molecule has 0 spiro atoms. The van der Waals surface area contributed by atoms with Crippen molar-refractivity contribution < 1.29 is 9.63 Å². The molecule has 1 amide bonds. The van der Waals surface area contributed by atoms with Crippen molar-refractivity contribution in [2.24, 2.45) is 0 Å². The van der Waals surface area contributed by atoms with Crippen LogP contribution < -0.4 is 5.48 Å². The summed E-state index contributed by atoms with van der Waals surface area (Å²) in [4.78, 5) is 17.4. The molecule has 1 atom stereocenters. The maximum atomic E-state index is 11.4. The van der Waals surface area contributed by atoms with Gasteiger partial charge in [-0.1, -0.05) is 18.2 Å². The molecule has 0 aliphatic heterocycles. The number of carbonyl (C=O) groups excluding carboxylic acids is 1. The first kappa shape index (κ1) is 12.1. The molecule has 0 saturated heterocycles. The Morgan fingerprint density at radius 2 is 2.13 bits per heavy atom. The third-order valence-electron chi connectivity index (χ3n) is 1.74. The third kappa shape index (κ3) is 4.36. The van der Waals surface area contributed by atoms with Crippen LogP contribution in [-0.2, 0) is 9.63 Å². The molecule has 0 aliphatic rings. The van der Waals surface area contributed by atoms with Crippen molar-refractivity contribution in [3.63, 3.8) is 0 Å². The van der Waals surface area contributed by atoms with Gasteiger partial charge >= 0.3 is 0 Å². The van der Waals surface area contributed by atoms with Crippen LogP contribution in [0.1, 0.15) is 13.8 Å². The third-order valence-corrected chi connectivity index (χ3v) is 2.85. The van der Waals surface area contributed by atoms with E-state index in [-0.39, 0.29) is 11.2 Å². The van der Waals surface area contributed by atoms with Crippen LogP contribution in [0.5, 0.6) is 0 Å². The second kappa shape index (κ2) is 6.48. The van der Waals surface area contributed by atoms with Gasteiger partial charge in [0.15, 0.2) is 0 Å². The highest BCUT2D eigenvalue weighted by Crippen LogP contribution is 2.22. The summed E-state index contributed by atoms with van der Waals surface area (Å²) in [5.41, 5.74) is 2.39. The summed E-state index contributed by atoms with van der Waals surface area (Å²) in [5.74, 6) is -0.106. The molecular weight excluding hydrogens is 210 g/mol. The monoisotopic (exact) mass is 225 g/mol. The van der Waals surface area contributed by atoms with Gasteiger partial charge in [-0.25, -0.2) is 5.48 Å². The predicted octanol–water partition coefficient (Wildman–Crippen LogP) is 2.23. The Bertz CT molecular complexity index is 303. The highest BCUT2D eigenvalue weighted by molar-refractivity contribution is 8.00. The van der Waals surface area contributed by atoms with E-state index in [1.165, 1.54) is 11.8 Å². The van der Waals surface area contributed by atoms with Crippen molar-refractivity contribution >= 4 is 17.7 Å². The van der Waals surface area contributed by atoms with Crippen molar-refractivity contribution in [1.82, 2.24) is 5.48 Å². The fourth-order valence-electron chi connectivity index (χ4n) is 0.983. The number of amides is 1. The Hall–Kier alpha value is -1.00. The van der Waals surface area contributed by atoms with Gasteiger partial charge in [-0.3, -0.25) is 9.63 Å². The van der Waals surface area contributed by atoms with Crippen molar-refractivity contribution in [3.8, 4) is 0 Å². The van der Waals surface area contributed by atoms with Gasteiger partial charge in [-0.2, -0.15) is 0 Å². The lowest BCUT2D eigenvalue weighted by Crippen LogP contribution is -2.30. The quantitative estimate of drug-likeness (QED) is 0.617. The second-order valence-corrected chi connectivity index (χ2v) is 4.39. The van der Waals surface area contributed by atoms with Crippen LogP contribution in [0.3, 0.4) is 0 Å². The average molecular weight is 225 g/mol. The molecule has 15 heavy (non-hydrogen) atoms. The number of carbonyl (C=O) groups is 1. The van der Waals surface area contributed by atoms with Crippen LogP contribution >= 0.6 is 11.8 Å². The van der Waals surface area contributed by atoms with Crippen molar-refractivity contribution in [1.29, 1.82) is 0 Å². The summed E-state index contributed by atoms with van der Waals surface area (Å²) < 4.78 is 0. The molecule has 1 rings (SSSR count). The molecule has 1 aromatic carbocycles. The molecule has 82 valence electrons. The van der Waals surface area contributed by atoms with Gasteiger partial charge in [0, 0.05) is 4.90 Å². The van der Waals surface area contributed by atoms with E-state index in [4.69, 9.17) is 4.84 Å². The van der Waals surface area contributed by atoms with Crippen molar-refractivity contribution in [3.05, 3.63) is 30.3 Å². The molecule has 0 aromatic heterocycles. The molecule has 0 aliphatic carbocycles. The first-order valence-electron chi connectivity index (χ1n) is 4.87. The smallest absolute Gasteiger partial charge is 0.256 e. The van der Waals surface area contributed by atoms with Gasteiger partial charge < -0.3 is 0 Å². The molecule has 0 radical (unpaired) electrons. The maximum Gasteiger partial charge on any atom is 0.256 e. The SMILES string of the molecule is CCONC(=O)C(C)Sc1ccccc1. The maximum absolute atomic E-state index is 11.4. The Kier molecular flexibility index (Phi) is 5.21. The van der Waals surface area contributed by atoms with Crippen LogP contribution in [-0.4, -0.2) is 17.8 Å². The lowest BCUT2D eigenvalue weighted by molar-refractivity contribution is -0.132. The van der Waals surface area contributed by atoms with Crippen LogP contribution in [0.25, 0.3) is 0 Å². The zero-order chi connectivity index (χ0) is 11.1. The molecule has 0 saturated carbocycles. The van der Waals surface area contributed by atoms with E-state index in [2.05, 4.69) is 5.48 Å². The summed E-state index contributed by atoms with van der Waals surface area (Å²) >= 11 is 1.51. The normalized spacial score (nSPS) is 12.1. The minimum absolute atomic E-state index is 0.106. The number of nitrogens with one attached hydrogen (secondary N) is 1. The first-order valence-corrected chi connectivity index (χ1v) is 5.75. The molecule has 0 bridgehead atoms. The van der Waals surface area contributed by atoms with Gasteiger partial charge in [0.05, 0.1) is 11.9 Å². The summed E-state index contributed by atoms with van der Waals surface area (Å²) in [7, 11) is 0. The summed E-state index contributed by atoms with van der Waals surface area (Å²) in [6, 6.07) is 9.82. The molecule has 1 N–H and O–H groups in total. The van der Waals surface area contributed by atoms with E-state index in [0.717, 1.165) is 4.90 Å². The number of thioether (sulfide) groups is 1. The molecular formula is C11H15NO2S. The van der Waals surface area contributed by atoms with E-state index in [1.54, 1.807) is 0 Å². The lowest BCUT2D eigenvalue weighted by Gasteiger charge is -2.10. The molecule has 1 aromatic rings. The van der Waals surface area contributed by atoms with E-state index in [1.807, 2.05) is 44.2 Å². The minimum atomic E-state index is -0.154. The minimum Gasteiger partial charge on any atom is -0.274 e. The average Bonchev–Trinajstić information content (AvgIpc) is 2.27. The van der Waals surface area contributed by atoms with Gasteiger partial charge in [-0.05, 0) is 26.0 Å².